The molecule has 0 saturated carbocycles. The minimum atomic E-state index is -0.987. The van der Waals surface area contributed by atoms with Gasteiger partial charge in [0.2, 0.25) is 0 Å². The molecule has 208 valence electrons. The van der Waals surface area contributed by atoms with Crippen LogP contribution in [0.25, 0.3) is 11.1 Å². The molecule has 5 rings (SSSR count). The van der Waals surface area contributed by atoms with Crippen LogP contribution in [0.2, 0.25) is 0 Å². The summed E-state index contributed by atoms with van der Waals surface area (Å²) in [5, 5.41) is 15.4. The molecule has 1 aliphatic heterocycles. The third kappa shape index (κ3) is 5.91. The number of fused-ring (bicyclic) bond motifs is 1. The highest BCUT2D eigenvalue weighted by Gasteiger charge is 2.40. The topological polar surface area (TPSA) is 108 Å². The highest BCUT2D eigenvalue weighted by Crippen LogP contribution is 2.38. The Morgan fingerprint density at radius 3 is 2.29 bits per heavy atom. The molecule has 0 fully saturated rings. The van der Waals surface area contributed by atoms with Gasteiger partial charge in [0.05, 0.1) is 11.7 Å². The van der Waals surface area contributed by atoms with E-state index in [0.29, 0.717) is 41.3 Å². The molecule has 0 bridgehead atoms. The summed E-state index contributed by atoms with van der Waals surface area (Å²) in [7, 11) is 0. The number of ether oxygens (including phenoxy) is 1. The standard InChI is InChI=1S/C33H31N3O5/c1-3-9-29(32(38)39)36-21(2)26-19-16-23(20-27(26)31(36)37)22-14-17-24(18-15-22)34-33(40)35-28-12-7-8-13-30(28)41-25-10-5-4-6-11-25/h4-8,10-21,29H,3,9H2,1-2H3,(H,38,39)(H2,34,35,40)/t21-,29?/m0/s1. The van der Waals surface area contributed by atoms with Gasteiger partial charge in [-0.1, -0.05) is 67.9 Å². The minimum absolute atomic E-state index is 0.262. The van der Waals surface area contributed by atoms with Crippen molar-refractivity contribution in [2.75, 3.05) is 10.6 Å². The first-order valence-electron chi connectivity index (χ1n) is 13.6. The number of urea groups is 1. The number of carboxylic acid groups (broad SMARTS) is 1. The fourth-order valence-corrected chi connectivity index (χ4v) is 5.12. The molecule has 0 aromatic heterocycles. The second-order valence-corrected chi connectivity index (χ2v) is 9.90. The zero-order chi connectivity index (χ0) is 28.9. The van der Waals surface area contributed by atoms with Gasteiger partial charge in [-0.25, -0.2) is 9.59 Å². The largest absolute Gasteiger partial charge is 0.480 e. The molecule has 3 N–H and O–H groups in total. The normalized spacial score (nSPS) is 14.7. The van der Waals surface area contributed by atoms with Crippen LogP contribution in [-0.4, -0.2) is 34.0 Å². The summed E-state index contributed by atoms with van der Waals surface area (Å²) in [5.41, 5.74) is 4.16. The molecular weight excluding hydrogens is 518 g/mol. The zero-order valence-corrected chi connectivity index (χ0v) is 22.8. The lowest BCUT2D eigenvalue weighted by Gasteiger charge is -2.28. The summed E-state index contributed by atoms with van der Waals surface area (Å²) in [5.74, 6) is -0.0652. The van der Waals surface area contributed by atoms with E-state index < -0.39 is 18.0 Å². The number of amides is 3. The van der Waals surface area contributed by atoms with Crippen LogP contribution >= 0.6 is 0 Å². The monoisotopic (exact) mass is 549 g/mol. The van der Waals surface area contributed by atoms with Gasteiger partial charge in [-0.05, 0) is 72.5 Å². The fraction of sp³-hybridized carbons (Fsp3) is 0.182. The van der Waals surface area contributed by atoms with Gasteiger partial charge in [-0.15, -0.1) is 0 Å². The van der Waals surface area contributed by atoms with E-state index in [1.54, 1.807) is 24.3 Å². The van der Waals surface area contributed by atoms with Gasteiger partial charge in [0, 0.05) is 11.3 Å². The number of carboxylic acids is 1. The molecule has 1 heterocycles. The fourth-order valence-electron chi connectivity index (χ4n) is 5.12. The first-order chi connectivity index (χ1) is 19.9. The number of hydrogen-bond donors (Lipinski definition) is 3. The predicted octanol–water partition coefficient (Wildman–Crippen LogP) is 7.56. The van der Waals surface area contributed by atoms with E-state index in [-0.39, 0.29) is 11.9 Å². The SMILES string of the molecule is CCCC(C(=O)O)N1C(=O)c2cc(-c3ccc(NC(=O)Nc4ccccc4Oc4ccccc4)cc3)ccc2[C@@H]1C. The van der Waals surface area contributed by atoms with Gasteiger partial charge in [0.15, 0.2) is 5.75 Å². The highest BCUT2D eigenvalue weighted by molar-refractivity contribution is 6.03. The van der Waals surface area contributed by atoms with Crippen LogP contribution in [0.15, 0.2) is 97.1 Å². The van der Waals surface area contributed by atoms with Crippen LogP contribution in [0.5, 0.6) is 11.5 Å². The van der Waals surface area contributed by atoms with E-state index >= 15 is 0 Å². The molecule has 0 spiro atoms. The molecular formula is C33H31N3O5. The van der Waals surface area contributed by atoms with E-state index in [0.717, 1.165) is 16.7 Å². The van der Waals surface area contributed by atoms with Crippen LogP contribution < -0.4 is 15.4 Å². The Morgan fingerprint density at radius 2 is 1.59 bits per heavy atom. The van der Waals surface area contributed by atoms with E-state index in [1.807, 2.05) is 86.6 Å². The van der Waals surface area contributed by atoms with Crippen molar-refractivity contribution in [3.63, 3.8) is 0 Å². The van der Waals surface area contributed by atoms with Crippen LogP contribution in [0.3, 0.4) is 0 Å². The van der Waals surface area contributed by atoms with E-state index in [4.69, 9.17) is 4.74 Å². The average Bonchev–Trinajstić information content (AvgIpc) is 3.22. The van der Waals surface area contributed by atoms with Crippen molar-refractivity contribution in [3.05, 3.63) is 108 Å². The van der Waals surface area contributed by atoms with E-state index in [1.165, 1.54) is 4.90 Å². The summed E-state index contributed by atoms with van der Waals surface area (Å²) < 4.78 is 5.92. The highest BCUT2D eigenvalue weighted by atomic mass is 16.5. The van der Waals surface area contributed by atoms with Crippen LogP contribution in [0, 0.1) is 0 Å². The van der Waals surface area contributed by atoms with Crippen LogP contribution in [-0.2, 0) is 4.79 Å². The first-order valence-corrected chi connectivity index (χ1v) is 13.6. The van der Waals surface area contributed by atoms with Crippen molar-refractivity contribution in [3.8, 4) is 22.6 Å². The Morgan fingerprint density at radius 1 is 0.902 bits per heavy atom. The predicted molar refractivity (Wildman–Crippen MR) is 158 cm³/mol. The Balaban J connectivity index is 1.27. The van der Waals surface area contributed by atoms with Crippen molar-refractivity contribution in [1.29, 1.82) is 0 Å². The number of carbonyl (C=O) groups excluding carboxylic acids is 2. The van der Waals surface area contributed by atoms with Gasteiger partial charge in [0.1, 0.15) is 11.8 Å². The molecule has 3 amide bonds. The van der Waals surface area contributed by atoms with E-state index in [9.17, 15) is 19.5 Å². The maximum Gasteiger partial charge on any atom is 0.326 e. The second kappa shape index (κ2) is 12.0. The zero-order valence-electron chi connectivity index (χ0n) is 22.8. The number of hydrogen-bond acceptors (Lipinski definition) is 4. The molecule has 1 aliphatic rings. The molecule has 8 heteroatoms. The van der Waals surface area contributed by atoms with Crippen LogP contribution in [0.1, 0.15) is 48.7 Å². The Bertz CT molecular complexity index is 1570. The molecule has 8 nitrogen and oxygen atoms in total. The number of anilines is 2. The Hall–Kier alpha value is -5.11. The summed E-state index contributed by atoms with van der Waals surface area (Å²) in [6.07, 6.45) is 1.07. The smallest absolute Gasteiger partial charge is 0.326 e. The lowest BCUT2D eigenvalue weighted by Crippen LogP contribution is -2.42. The summed E-state index contributed by atoms with van der Waals surface area (Å²) in [6, 6.07) is 27.9. The lowest BCUT2D eigenvalue weighted by molar-refractivity contribution is -0.143. The molecule has 41 heavy (non-hydrogen) atoms. The summed E-state index contributed by atoms with van der Waals surface area (Å²) in [4.78, 5) is 39.4. The maximum atomic E-state index is 13.3. The number of aliphatic carboxylic acids is 1. The Labute approximate surface area is 238 Å². The second-order valence-electron chi connectivity index (χ2n) is 9.90. The number of nitrogens with one attached hydrogen (secondary N) is 2. The summed E-state index contributed by atoms with van der Waals surface area (Å²) in [6.45, 7) is 3.78. The molecule has 0 saturated heterocycles. The molecule has 0 aliphatic carbocycles. The number of nitrogens with zero attached hydrogens (tertiary/aromatic N) is 1. The molecule has 4 aromatic rings. The summed E-state index contributed by atoms with van der Waals surface area (Å²) >= 11 is 0. The van der Waals surface area contributed by atoms with Gasteiger partial charge in [0.25, 0.3) is 5.91 Å². The third-order valence-corrected chi connectivity index (χ3v) is 7.15. The minimum Gasteiger partial charge on any atom is -0.480 e. The average molecular weight is 550 g/mol. The number of para-hydroxylation sites is 3. The van der Waals surface area contributed by atoms with Crippen LogP contribution in [0.4, 0.5) is 16.2 Å². The van der Waals surface area contributed by atoms with Gasteiger partial charge < -0.3 is 25.4 Å². The molecule has 0 radical (unpaired) electrons. The van der Waals surface area contributed by atoms with Crippen molar-refractivity contribution < 1.29 is 24.2 Å². The Kier molecular flexibility index (Phi) is 8.01. The molecule has 1 unspecified atom stereocenters. The maximum absolute atomic E-state index is 13.3. The van der Waals surface area contributed by atoms with Gasteiger partial charge >= 0.3 is 12.0 Å². The number of benzene rings is 4. The molecule has 4 aromatic carbocycles. The quantitative estimate of drug-likeness (QED) is 0.200. The number of carbonyl (C=O) groups is 3. The van der Waals surface area contributed by atoms with Crippen molar-refractivity contribution in [1.82, 2.24) is 4.90 Å². The van der Waals surface area contributed by atoms with Crippen molar-refractivity contribution in [2.24, 2.45) is 0 Å². The molecule has 2 atom stereocenters. The lowest BCUT2D eigenvalue weighted by atomic mass is 9.98. The van der Waals surface area contributed by atoms with Gasteiger partial charge in [-0.3, -0.25) is 4.79 Å². The van der Waals surface area contributed by atoms with Gasteiger partial charge in [-0.2, -0.15) is 0 Å². The van der Waals surface area contributed by atoms with Crippen molar-refractivity contribution >= 4 is 29.3 Å². The number of rotatable bonds is 9. The third-order valence-electron chi connectivity index (χ3n) is 7.15. The first kappa shape index (κ1) is 27.5. The van der Waals surface area contributed by atoms with Crippen molar-refractivity contribution in [2.45, 2.75) is 38.8 Å². The van der Waals surface area contributed by atoms with E-state index in [2.05, 4.69) is 10.6 Å².